The van der Waals surface area contributed by atoms with Gasteiger partial charge in [-0.2, -0.15) is 0 Å². The first kappa shape index (κ1) is 25.6. The minimum absolute atomic E-state index is 0.0997. The van der Waals surface area contributed by atoms with Crippen LogP contribution in [0.3, 0.4) is 0 Å². The number of carbonyl (C=O) groups excluding carboxylic acids is 3. The third-order valence-corrected chi connectivity index (χ3v) is 6.58. The van der Waals surface area contributed by atoms with Crippen LogP contribution < -0.4 is 20.3 Å². The zero-order valence-electron chi connectivity index (χ0n) is 19.4. The van der Waals surface area contributed by atoms with Gasteiger partial charge in [0.25, 0.3) is 17.7 Å². The molecule has 0 saturated heterocycles. The maximum Gasteiger partial charge on any atom is 0.283 e. The van der Waals surface area contributed by atoms with Crippen LogP contribution in [0.25, 0.3) is 0 Å². The number of ether oxygens (including phenoxy) is 1. The van der Waals surface area contributed by atoms with Gasteiger partial charge in [0.2, 0.25) is 0 Å². The zero-order valence-corrected chi connectivity index (χ0v) is 21.7. The Morgan fingerprint density at radius 3 is 2.33 bits per heavy atom. The van der Waals surface area contributed by atoms with E-state index < -0.39 is 17.7 Å². The second-order valence-electron chi connectivity index (χ2n) is 8.03. The lowest BCUT2D eigenvalue weighted by Crippen LogP contribution is -2.32. The molecule has 3 amide bonds. The summed E-state index contributed by atoms with van der Waals surface area (Å²) in [5, 5.41) is 6.36. The van der Waals surface area contributed by atoms with Crippen molar-refractivity contribution in [1.29, 1.82) is 0 Å². The van der Waals surface area contributed by atoms with Crippen molar-refractivity contribution >= 4 is 69.6 Å². The Morgan fingerprint density at radius 2 is 1.64 bits per heavy atom. The number of amides is 3. The summed E-state index contributed by atoms with van der Waals surface area (Å²) in [6.45, 7) is 3.61. The molecule has 0 bridgehead atoms. The fourth-order valence-corrected chi connectivity index (χ4v) is 4.17. The van der Waals surface area contributed by atoms with Gasteiger partial charge in [0.1, 0.15) is 16.5 Å². The van der Waals surface area contributed by atoms with Crippen molar-refractivity contribution in [3.63, 3.8) is 0 Å². The van der Waals surface area contributed by atoms with Gasteiger partial charge in [0.15, 0.2) is 0 Å². The van der Waals surface area contributed by atoms with Crippen molar-refractivity contribution in [2.45, 2.75) is 13.8 Å². The zero-order chi connectivity index (χ0) is 26.1. The maximum atomic E-state index is 13.1. The quantitative estimate of drug-likeness (QED) is 0.355. The summed E-state index contributed by atoms with van der Waals surface area (Å²) in [6, 6.07) is 14.6. The second kappa shape index (κ2) is 10.2. The molecule has 0 fully saturated rings. The Bertz CT molecular complexity index is 1450. The first-order valence-corrected chi connectivity index (χ1v) is 11.8. The molecule has 0 spiro atoms. The van der Waals surface area contributed by atoms with Crippen molar-refractivity contribution in [3.8, 4) is 5.75 Å². The van der Waals surface area contributed by atoms with E-state index in [4.69, 9.17) is 39.5 Å². The van der Waals surface area contributed by atoms with Crippen molar-refractivity contribution in [3.05, 3.63) is 92.1 Å². The van der Waals surface area contributed by atoms with Crippen molar-refractivity contribution < 1.29 is 19.1 Å². The van der Waals surface area contributed by atoms with Crippen LogP contribution >= 0.6 is 34.8 Å². The number of imide groups is 1. The minimum atomic E-state index is -0.678. The van der Waals surface area contributed by atoms with Gasteiger partial charge in [-0.15, -0.1) is 0 Å². The highest BCUT2D eigenvalue weighted by Gasteiger charge is 2.39. The van der Waals surface area contributed by atoms with Gasteiger partial charge in [0.05, 0.1) is 18.5 Å². The molecule has 0 radical (unpaired) electrons. The first-order chi connectivity index (χ1) is 17.1. The van der Waals surface area contributed by atoms with Gasteiger partial charge in [-0.25, -0.2) is 4.90 Å². The third kappa shape index (κ3) is 4.91. The molecule has 10 heteroatoms. The van der Waals surface area contributed by atoms with E-state index in [9.17, 15) is 14.4 Å². The number of hydrogen-bond donors (Lipinski definition) is 2. The van der Waals surface area contributed by atoms with E-state index in [-0.39, 0.29) is 10.7 Å². The number of aryl methyl sites for hydroxylation is 2. The van der Waals surface area contributed by atoms with Crippen LogP contribution in [0.1, 0.15) is 21.5 Å². The number of rotatable bonds is 6. The van der Waals surface area contributed by atoms with Crippen LogP contribution in [0.4, 0.5) is 17.1 Å². The molecule has 184 valence electrons. The molecular formula is C26H20Cl3N3O4. The molecule has 36 heavy (non-hydrogen) atoms. The van der Waals surface area contributed by atoms with Crippen LogP contribution in [0.5, 0.6) is 5.75 Å². The van der Waals surface area contributed by atoms with Crippen LogP contribution in [-0.4, -0.2) is 24.8 Å². The SMILES string of the molecule is COc1cc(Cl)c(C)cc1NC(=O)c1ccc(C)c(NC2=C(Cl)C(=O)N(c3cccc(Cl)c3)C2=O)c1. The third-order valence-electron chi connectivity index (χ3n) is 5.58. The molecule has 0 atom stereocenters. The number of nitrogens with one attached hydrogen (secondary N) is 2. The summed E-state index contributed by atoms with van der Waals surface area (Å²) in [6.07, 6.45) is 0. The van der Waals surface area contributed by atoms with Crippen molar-refractivity contribution in [2.24, 2.45) is 0 Å². The number of anilines is 3. The predicted molar refractivity (Wildman–Crippen MR) is 142 cm³/mol. The molecule has 3 aromatic carbocycles. The maximum absolute atomic E-state index is 13.1. The standard InChI is InChI=1S/C26H20Cl3N3O4/c1-13-7-8-15(24(33)31-20-9-14(2)18(28)12-21(20)36-3)10-19(13)30-23-22(29)25(34)32(26(23)35)17-6-4-5-16(27)11-17/h4-12,30H,1-3H3,(H,31,33). The van der Waals surface area contributed by atoms with E-state index in [1.54, 1.807) is 55.5 Å². The van der Waals surface area contributed by atoms with E-state index in [1.807, 2.05) is 6.92 Å². The highest BCUT2D eigenvalue weighted by atomic mass is 35.5. The van der Waals surface area contributed by atoms with E-state index >= 15 is 0 Å². The summed E-state index contributed by atoms with van der Waals surface area (Å²) in [7, 11) is 1.48. The molecule has 0 aliphatic carbocycles. The Balaban J connectivity index is 1.60. The Morgan fingerprint density at radius 1 is 0.889 bits per heavy atom. The molecule has 1 aliphatic heterocycles. The lowest BCUT2D eigenvalue weighted by Gasteiger charge is -2.16. The smallest absolute Gasteiger partial charge is 0.283 e. The Kier molecular flexibility index (Phi) is 7.26. The highest BCUT2D eigenvalue weighted by Crippen LogP contribution is 2.33. The first-order valence-electron chi connectivity index (χ1n) is 10.7. The lowest BCUT2D eigenvalue weighted by molar-refractivity contribution is -0.120. The second-order valence-corrected chi connectivity index (χ2v) is 9.25. The average Bonchev–Trinajstić information content (AvgIpc) is 3.05. The number of nitrogens with zero attached hydrogens (tertiary/aromatic N) is 1. The summed E-state index contributed by atoms with van der Waals surface area (Å²) < 4.78 is 5.32. The molecule has 0 aromatic heterocycles. The molecule has 3 aromatic rings. The number of methoxy groups -OCH3 is 1. The molecule has 4 rings (SSSR count). The van der Waals surface area contributed by atoms with Gasteiger partial charge in [-0.3, -0.25) is 14.4 Å². The van der Waals surface area contributed by atoms with E-state index in [1.165, 1.54) is 13.2 Å². The van der Waals surface area contributed by atoms with Crippen molar-refractivity contribution in [1.82, 2.24) is 0 Å². The lowest BCUT2D eigenvalue weighted by atomic mass is 10.1. The fraction of sp³-hybridized carbons (Fsp3) is 0.115. The molecule has 1 aliphatic rings. The number of benzene rings is 3. The van der Waals surface area contributed by atoms with Crippen LogP contribution in [0.15, 0.2) is 65.3 Å². The van der Waals surface area contributed by atoms with Gasteiger partial charge in [0, 0.05) is 27.4 Å². The summed E-state index contributed by atoms with van der Waals surface area (Å²) in [5.74, 6) is -1.31. The molecular weight excluding hydrogens is 525 g/mol. The Labute approximate surface area is 222 Å². The highest BCUT2D eigenvalue weighted by molar-refractivity contribution is 6.53. The minimum Gasteiger partial charge on any atom is -0.495 e. The molecule has 7 nitrogen and oxygen atoms in total. The summed E-state index contributed by atoms with van der Waals surface area (Å²) in [4.78, 5) is 39.8. The van der Waals surface area contributed by atoms with Gasteiger partial charge in [-0.05, 0) is 61.4 Å². The largest absolute Gasteiger partial charge is 0.495 e. The van der Waals surface area contributed by atoms with E-state index in [0.717, 1.165) is 16.0 Å². The Hall–Kier alpha value is -3.52. The van der Waals surface area contributed by atoms with Crippen LogP contribution in [0, 0.1) is 13.8 Å². The topological polar surface area (TPSA) is 87.7 Å². The normalized spacial score (nSPS) is 13.3. The summed E-state index contributed by atoms with van der Waals surface area (Å²) >= 11 is 18.4. The number of halogens is 3. The average molecular weight is 545 g/mol. The monoisotopic (exact) mass is 543 g/mol. The fourth-order valence-electron chi connectivity index (χ4n) is 3.62. The number of carbonyl (C=O) groups is 3. The van der Waals surface area contributed by atoms with Gasteiger partial charge >= 0.3 is 0 Å². The van der Waals surface area contributed by atoms with E-state index in [0.29, 0.717) is 38.4 Å². The van der Waals surface area contributed by atoms with Crippen LogP contribution in [-0.2, 0) is 9.59 Å². The van der Waals surface area contributed by atoms with Gasteiger partial charge < -0.3 is 15.4 Å². The van der Waals surface area contributed by atoms with Crippen molar-refractivity contribution in [2.75, 3.05) is 22.6 Å². The molecule has 0 saturated carbocycles. The molecule has 0 unspecified atom stereocenters. The van der Waals surface area contributed by atoms with E-state index in [2.05, 4.69) is 10.6 Å². The molecule has 1 heterocycles. The van der Waals surface area contributed by atoms with Crippen LogP contribution in [0.2, 0.25) is 10.0 Å². The summed E-state index contributed by atoms with van der Waals surface area (Å²) in [5.41, 5.74) is 2.89. The predicted octanol–water partition coefficient (Wildman–Crippen LogP) is 6.31. The molecule has 2 N–H and O–H groups in total. The van der Waals surface area contributed by atoms with Gasteiger partial charge in [-0.1, -0.05) is 46.9 Å². The number of hydrogen-bond acceptors (Lipinski definition) is 5.